The summed E-state index contributed by atoms with van der Waals surface area (Å²) < 4.78 is 0. The van der Waals surface area contributed by atoms with Crippen LogP contribution in [0.3, 0.4) is 0 Å². The summed E-state index contributed by atoms with van der Waals surface area (Å²) in [7, 11) is 0. The van der Waals surface area contributed by atoms with Gasteiger partial charge in [0.15, 0.2) is 0 Å². The number of carbonyl (C=O) groups is 1. The molecule has 0 aliphatic carbocycles. The fourth-order valence-electron chi connectivity index (χ4n) is 2.05. The zero-order chi connectivity index (χ0) is 13.4. The molecule has 1 aliphatic rings. The zero-order valence-corrected chi connectivity index (χ0v) is 11.3. The molecule has 0 radical (unpaired) electrons. The van der Waals surface area contributed by atoms with Crippen LogP contribution in [-0.4, -0.2) is 79.3 Å². The van der Waals surface area contributed by atoms with Gasteiger partial charge in [0.05, 0.1) is 12.6 Å². The van der Waals surface area contributed by atoms with E-state index in [-0.39, 0.29) is 12.5 Å². The number of hydrogen-bond acceptors (Lipinski definition) is 5. The van der Waals surface area contributed by atoms with Crippen molar-refractivity contribution < 1.29 is 9.90 Å². The Hall–Kier alpha value is -0.690. The van der Waals surface area contributed by atoms with Crippen LogP contribution in [0.1, 0.15) is 13.3 Å². The van der Waals surface area contributed by atoms with Crippen LogP contribution in [0.5, 0.6) is 0 Å². The lowest BCUT2D eigenvalue weighted by molar-refractivity contribution is -0.121. The molecular formula is C12H26N4O2. The summed E-state index contributed by atoms with van der Waals surface area (Å²) >= 11 is 0. The molecular weight excluding hydrogens is 232 g/mol. The first-order valence-electron chi connectivity index (χ1n) is 6.72. The number of β-amino-alcohol motifs (C(OH)–C–C–N with tert-alkyl or cyclic N) is 1. The largest absolute Gasteiger partial charge is 0.395 e. The average molecular weight is 258 g/mol. The lowest BCUT2D eigenvalue weighted by Crippen LogP contribution is -2.47. The minimum absolute atomic E-state index is 0.0808. The molecule has 106 valence electrons. The molecule has 1 heterocycles. The van der Waals surface area contributed by atoms with Crippen molar-refractivity contribution in [1.29, 1.82) is 0 Å². The van der Waals surface area contributed by atoms with Crippen LogP contribution in [0.4, 0.5) is 0 Å². The van der Waals surface area contributed by atoms with Crippen molar-refractivity contribution in [1.82, 2.24) is 15.1 Å². The lowest BCUT2D eigenvalue weighted by Gasteiger charge is -2.34. The maximum atomic E-state index is 11.2. The van der Waals surface area contributed by atoms with Crippen molar-refractivity contribution in [3.63, 3.8) is 0 Å². The quantitative estimate of drug-likeness (QED) is 0.482. The normalized spacial score (nSPS) is 19.7. The highest BCUT2D eigenvalue weighted by Gasteiger charge is 2.15. The summed E-state index contributed by atoms with van der Waals surface area (Å²) in [6.45, 7) is 8.53. The summed E-state index contributed by atoms with van der Waals surface area (Å²) in [5.74, 6) is -0.0808. The number of nitrogens with one attached hydrogen (secondary N) is 1. The van der Waals surface area contributed by atoms with E-state index in [1.165, 1.54) is 0 Å². The Labute approximate surface area is 109 Å². The first-order valence-corrected chi connectivity index (χ1v) is 6.72. The Bertz CT molecular complexity index is 240. The second-order valence-corrected chi connectivity index (χ2v) is 4.84. The molecule has 1 saturated heterocycles. The van der Waals surface area contributed by atoms with Crippen LogP contribution in [0.25, 0.3) is 0 Å². The van der Waals surface area contributed by atoms with E-state index >= 15 is 0 Å². The van der Waals surface area contributed by atoms with Gasteiger partial charge in [0, 0.05) is 39.3 Å². The molecule has 0 unspecified atom stereocenters. The summed E-state index contributed by atoms with van der Waals surface area (Å²) in [5.41, 5.74) is 5.46. The van der Waals surface area contributed by atoms with Crippen LogP contribution < -0.4 is 11.1 Å². The fraction of sp³-hybridized carbons (Fsp3) is 0.917. The van der Waals surface area contributed by atoms with E-state index in [2.05, 4.69) is 15.1 Å². The Morgan fingerprint density at radius 1 is 1.28 bits per heavy atom. The molecule has 1 rings (SSSR count). The molecule has 6 heteroatoms. The van der Waals surface area contributed by atoms with Crippen molar-refractivity contribution in [2.24, 2.45) is 5.73 Å². The molecule has 0 saturated carbocycles. The second kappa shape index (κ2) is 8.42. The van der Waals surface area contributed by atoms with Gasteiger partial charge < -0.3 is 21.1 Å². The molecule has 0 aromatic carbocycles. The lowest BCUT2D eigenvalue weighted by atomic mass is 10.2. The van der Waals surface area contributed by atoms with Gasteiger partial charge in [-0.1, -0.05) is 0 Å². The van der Waals surface area contributed by atoms with E-state index in [0.717, 1.165) is 45.7 Å². The van der Waals surface area contributed by atoms with Gasteiger partial charge >= 0.3 is 0 Å². The highest BCUT2D eigenvalue weighted by Crippen LogP contribution is 2.01. The van der Waals surface area contributed by atoms with Gasteiger partial charge in [-0.25, -0.2) is 0 Å². The van der Waals surface area contributed by atoms with Crippen molar-refractivity contribution in [2.45, 2.75) is 19.4 Å². The van der Waals surface area contributed by atoms with E-state index in [9.17, 15) is 4.79 Å². The number of nitrogens with zero attached hydrogens (tertiary/aromatic N) is 2. The number of aliphatic hydroxyl groups excluding tert-OH is 1. The van der Waals surface area contributed by atoms with Crippen molar-refractivity contribution in [2.75, 3.05) is 52.4 Å². The van der Waals surface area contributed by atoms with E-state index in [0.29, 0.717) is 6.54 Å². The third-order valence-corrected chi connectivity index (χ3v) is 3.25. The number of nitrogens with two attached hydrogens (primary N) is 1. The minimum atomic E-state index is -0.424. The Morgan fingerprint density at radius 3 is 2.33 bits per heavy atom. The van der Waals surface area contributed by atoms with Crippen LogP contribution in [0, 0.1) is 0 Å². The Kier molecular flexibility index (Phi) is 7.19. The average Bonchev–Trinajstić information content (AvgIpc) is 2.36. The molecule has 1 amide bonds. The summed E-state index contributed by atoms with van der Waals surface area (Å²) in [6.07, 6.45) is 0.957. The number of rotatable bonds is 7. The Balaban J connectivity index is 2.02. The minimum Gasteiger partial charge on any atom is -0.395 e. The monoisotopic (exact) mass is 258 g/mol. The summed E-state index contributed by atoms with van der Waals surface area (Å²) in [4.78, 5) is 15.9. The molecule has 0 aromatic rings. The second-order valence-electron chi connectivity index (χ2n) is 4.84. The van der Waals surface area contributed by atoms with E-state index in [4.69, 9.17) is 10.8 Å². The van der Waals surface area contributed by atoms with E-state index in [1.54, 1.807) is 6.92 Å². The molecule has 4 N–H and O–H groups in total. The number of carbonyl (C=O) groups excluding carboxylic acids is 1. The molecule has 0 spiro atoms. The Morgan fingerprint density at radius 2 is 1.83 bits per heavy atom. The van der Waals surface area contributed by atoms with Gasteiger partial charge in [0.25, 0.3) is 0 Å². The standard InChI is InChI=1S/C12H26N4O2/c1-11(13)12(18)14-3-2-4-15-5-7-16(8-6-15)9-10-17/h11,17H,2-10,13H2,1H3,(H,14,18)/t11-/m1/s1. The molecule has 1 atom stereocenters. The predicted octanol–water partition coefficient (Wildman–Crippen LogP) is -1.55. The van der Waals surface area contributed by atoms with Gasteiger partial charge in [-0.05, 0) is 19.9 Å². The third kappa shape index (κ3) is 5.77. The molecule has 1 fully saturated rings. The van der Waals surface area contributed by atoms with E-state index < -0.39 is 6.04 Å². The number of piperazine rings is 1. The van der Waals surface area contributed by atoms with Gasteiger partial charge in [0.2, 0.25) is 5.91 Å². The van der Waals surface area contributed by atoms with Crippen LogP contribution in [0.2, 0.25) is 0 Å². The molecule has 0 bridgehead atoms. The van der Waals surface area contributed by atoms with Gasteiger partial charge in [0.1, 0.15) is 0 Å². The summed E-state index contributed by atoms with van der Waals surface area (Å²) in [6, 6.07) is -0.424. The maximum absolute atomic E-state index is 11.2. The van der Waals surface area contributed by atoms with E-state index in [1.807, 2.05) is 0 Å². The van der Waals surface area contributed by atoms with Crippen molar-refractivity contribution in [3.05, 3.63) is 0 Å². The molecule has 6 nitrogen and oxygen atoms in total. The highest BCUT2D eigenvalue weighted by molar-refractivity contribution is 5.80. The van der Waals surface area contributed by atoms with Crippen molar-refractivity contribution >= 4 is 5.91 Å². The first kappa shape index (κ1) is 15.4. The number of amides is 1. The van der Waals surface area contributed by atoms with Crippen LogP contribution in [-0.2, 0) is 4.79 Å². The smallest absolute Gasteiger partial charge is 0.236 e. The summed E-state index contributed by atoms with van der Waals surface area (Å²) in [5, 5.41) is 11.7. The first-order chi connectivity index (χ1) is 8.63. The predicted molar refractivity (Wildman–Crippen MR) is 71.2 cm³/mol. The van der Waals surface area contributed by atoms with Crippen LogP contribution >= 0.6 is 0 Å². The van der Waals surface area contributed by atoms with Crippen LogP contribution in [0.15, 0.2) is 0 Å². The maximum Gasteiger partial charge on any atom is 0.236 e. The SMILES string of the molecule is C[C@@H](N)C(=O)NCCCN1CCN(CCO)CC1. The molecule has 18 heavy (non-hydrogen) atoms. The van der Waals surface area contributed by atoms with Gasteiger partial charge in [-0.2, -0.15) is 0 Å². The molecule has 0 aromatic heterocycles. The molecule has 1 aliphatic heterocycles. The number of aliphatic hydroxyl groups is 1. The zero-order valence-electron chi connectivity index (χ0n) is 11.3. The fourth-order valence-corrected chi connectivity index (χ4v) is 2.05. The number of hydrogen-bond donors (Lipinski definition) is 3. The third-order valence-electron chi connectivity index (χ3n) is 3.25. The highest BCUT2D eigenvalue weighted by atomic mass is 16.3. The van der Waals surface area contributed by atoms with Gasteiger partial charge in [-0.3, -0.25) is 9.69 Å². The van der Waals surface area contributed by atoms with Gasteiger partial charge in [-0.15, -0.1) is 0 Å². The van der Waals surface area contributed by atoms with Crippen molar-refractivity contribution in [3.8, 4) is 0 Å². The topological polar surface area (TPSA) is 81.8 Å².